The number of benzene rings is 1. The van der Waals surface area contributed by atoms with Gasteiger partial charge in [0, 0.05) is 35.2 Å². The summed E-state index contributed by atoms with van der Waals surface area (Å²) in [4.78, 5) is 41.0. The van der Waals surface area contributed by atoms with Gasteiger partial charge in [0.15, 0.2) is 12.4 Å². The van der Waals surface area contributed by atoms with Gasteiger partial charge < -0.3 is 14.6 Å². The van der Waals surface area contributed by atoms with E-state index in [-0.39, 0.29) is 18.3 Å². The number of ketones is 1. The Balaban J connectivity index is 1.40. The Labute approximate surface area is 188 Å². The highest BCUT2D eigenvalue weighted by molar-refractivity contribution is 7.98. The Bertz CT molecular complexity index is 1180. The van der Waals surface area contributed by atoms with Gasteiger partial charge in [0.2, 0.25) is 5.91 Å². The van der Waals surface area contributed by atoms with Crippen molar-refractivity contribution in [3.63, 3.8) is 0 Å². The molecule has 9 heteroatoms. The van der Waals surface area contributed by atoms with Crippen molar-refractivity contribution in [2.75, 3.05) is 11.9 Å². The predicted octanol–water partition coefficient (Wildman–Crippen LogP) is 3.90. The first-order valence-corrected chi connectivity index (χ1v) is 11.0. The second-order valence-electron chi connectivity index (χ2n) is 7.37. The van der Waals surface area contributed by atoms with E-state index in [4.69, 9.17) is 9.26 Å². The number of hydrogen-bond acceptors (Lipinski definition) is 8. The van der Waals surface area contributed by atoms with E-state index in [1.807, 2.05) is 13.8 Å². The lowest BCUT2D eigenvalue weighted by molar-refractivity contribution is -0.116. The highest BCUT2D eigenvalue weighted by Crippen LogP contribution is 2.28. The highest BCUT2D eigenvalue weighted by atomic mass is 32.2. The van der Waals surface area contributed by atoms with Crippen molar-refractivity contribution < 1.29 is 23.6 Å². The molecule has 1 aliphatic rings. The number of carbonyl (C=O) groups excluding carboxylic acids is 3. The molecule has 2 aromatic heterocycles. The van der Waals surface area contributed by atoms with E-state index in [0.717, 1.165) is 22.6 Å². The number of aryl methyl sites for hydroxylation is 3. The number of nitrogens with one attached hydrogen (secondary N) is 1. The number of carbonyl (C=O) groups is 3. The van der Waals surface area contributed by atoms with Gasteiger partial charge in [0.1, 0.15) is 10.8 Å². The quantitative estimate of drug-likeness (QED) is 0.327. The van der Waals surface area contributed by atoms with Gasteiger partial charge in [-0.25, -0.2) is 9.78 Å². The number of amides is 1. The molecule has 1 N–H and O–H groups in total. The summed E-state index contributed by atoms with van der Waals surface area (Å²) in [5.74, 6) is 0.309. The SMILES string of the molecule is Cc1noc(C)c1CSc1ncccc1C(=O)OCC(=O)c1ccc2c(c1)CCC(=O)N2. The molecule has 0 saturated heterocycles. The third kappa shape index (κ3) is 4.72. The van der Waals surface area contributed by atoms with Crippen molar-refractivity contribution in [1.29, 1.82) is 0 Å². The van der Waals surface area contributed by atoms with Crippen LogP contribution in [-0.2, 0) is 21.7 Å². The topological polar surface area (TPSA) is 111 Å². The van der Waals surface area contributed by atoms with Gasteiger partial charge in [-0.3, -0.25) is 9.59 Å². The second-order valence-corrected chi connectivity index (χ2v) is 8.33. The maximum atomic E-state index is 12.7. The third-order valence-electron chi connectivity index (χ3n) is 5.18. The molecule has 1 aromatic carbocycles. The molecule has 0 bridgehead atoms. The second kappa shape index (κ2) is 9.35. The Kier molecular flexibility index (Phi) is 6.36. The van der Waals surface area contributed by atoms with Crippen LogP contribution < -0.4 is 5.32 Å². The average Bonchev–Trinajstić information content (AvgIpc) is 3.12. The highest BCUT2D eigenvalue weighted by Gasteiger charge is 2.20. The van der Waals surface area contributed by atoms with Crippen LogP contribution in [0.5, 0.6) is 0 Å². The smallest absolute Gasteiger partial charge is 0.341 e. The summed E-state index contributed by atoms with van der Waals surface area (Å²) in [6.07, 6.45) is 2.56. The van der Waals surface area contributed by atoms with E-state index in [0.29, 0.717) is 40.4 Å². The minimum absolute atomic E-state index is 0.0370. The summed E-state index contributed by atoms with van der Waals surface area (Å²) >= 11 is 1.38. The lowest BCUT2D eigenvalue weighted by Crippen LogP contribution is -2.20. The molecular formula is C23H21N3O5S. The fraction of sp³-hybridized carbons (Fsp3) is 0.261. The number of rotatable bonds is 7. The molecular weight excluding hydrogens is 430 g/mol. The molecule has 1 amide bonds. The summed E-state index contributed by atoms with van der Waals surface area (Å²) in [6.45, 7) is 3.32. The number of thioether (sulfide) groups is 1. The number of pyridine rings is 1. The lowest BCUT2D eigenvalue weighted by atomic mass is 9.99. The number of aromatic nitrogens is 2. The zero-order valence-corrected chi connectivity index (χ0v) is 18.5. The summed E-state index contributed by atoms with van der Waals surface area (Å²) in [5.41, 5.74) is 4.10. The number of fused-ring (bicyclic) bond motifs is 1. The van der Waals surface area contributed by atoms with E-state index in [2.05, 4.69) is 15.5 Å². The number of anilines is 1. The average molecular weight is 452 g/mol. The number of hydrogen-bond donors (Lipinski definition) is 1. The molecule has 164 valence electrons. The van der Waals surface area contributed by atoms with Crippen molar-refractivity contribution in [2.45, 2.75) is 37.5 Å². The predicted molar refractivity (Wildman–Crippen MR) is 118 cm³/mol. The summed E-state index contributed by atoms with van der Waals surface area (Å²) in [7, 11) is 0. The molecule has 0 radical (unpaired) electrons. The first-order chi connectivity index (χ1) is 15.4. The third-order valence-corrected chi connectivity index (χ3v) is 6.21. The van der Waals surface area contributed by atoms with Crippen molar-refractivity contribution in [3.05, 3.63) is 70.2 Å². The van der Waals surface area contributed by atoms with Gasteiger partial charge in [-0.2, -0.15) is 0 Å². The maximum Gasteiger partial charge on any atom is 0.341 e. The van der Waals surface area contributed by atoms with Crippen molar-refractivity contribution in [3.8, 4) is 0 Å². The van der Waals surface area contributed by atoms with Crippen LogP contribution in [0, 0.1) is 13.8 Å². The molecule has 0 atom stereocenters. The van der Waals surface area contributed by atoms with Gasteiger partial charge in [0.05, 0.1) is 11.3 Å². The minimum Gasteiger partial charge on any atom is -0.454 e. The van der Waals surface area contributed by atoms with E-state index < -0.39 is 5.97 Å². The Morgan fingerprint density at radius 2 is 2.06 bits per heavy atom. The van der Waals surface area contributed by atoms with Crippen LogP contribution in [0.25, 0.3) is 0 Å². The largest absolute Gasteiger partial charge is 0.454 e. The molecule has 0 aliphatic carbocycles. The first kappa shape index (κ1) is 21.8. The summed E-state index contributed by atoms with van der Waals surface area (Å²) in [6, 6.07) is 8.33. The van der Waals surface area contributed by atoms with Crippen molar-refractivity contribution in [2.24, 2.45) is 0 Å². The van der Waals surface area contributed by atoms with Gasteiger partial charge in [-0.05, 0) is 56.2 Å². The Hall–Kier alpha value is -3.46. The molecule has 8 nitrogen and oxygen atoms in total. The van der Waals surface area contributed by atoms with Crippen LogP contribution in [0.15, 0.2) is 46.1 Å². The van der Waals surface area contributed by atoms with E-state index in [1.54, 1.807) is 36.5 Å². The fourth-order valence-corrected chi connectivity index (χ4v) is 4.49. The van der Waals surface area contributed by atoms with Crippen molar-refractivity contribution >= 4 is 35.1 Å². The zero-order valence-electron chi connectivity index (χ0n) is 17.6. The van der Waals surface area contributed by atoms with Crippen LogP contribution in [-0.4, -0.2) is 34.4 Å². The molecule has 3 aromatic rings. The van der Waals surface area contributed by atoms with Crippen LogP contribution in [0.2, 0.25) is 0 Å². The Morgan fingerprint density at radius 1 is 1.22 bits per heavy atom. The van der Waals surface area contributed by atoms with E-state index >= 15 is 0 Å². The van der Waals surface area contributed by atoms with E-state index in [1.165, 1.54) is 11.8 Å². The van der Waals surface area contributed by atoms with Gasteiger partial charge in [-0.1, -0.05) is 5.16 Å². The number of nitrogens with zero attached hydrogens (tertiary/aromatic N) is 2. The fourth-order valence-electron chi connectivity index (χ4n) is 3.36. The summed E-state index contributed by atoms with van der Waals surface area (Å²) < 4.78 is 10.5. The molecule has 0 spiro atoms. The molecule has 3 heterocycles. The molecule has 0 saturated carbocycles. The lowest BCUT2D eigenvalue weighted by Gasteiger charge is -2.17. The molecule has 0 unspecified atom stereocenters. The number of Topliss-reactive ketones (excluding diaryl/α,β-unsaturated/α-hetero) is 1. The normalized spacial score (nSPS) is 12.8. The Morgan fingerprint density at radius 3 is 2.84 bits per heavy atom. The minimum atomic E-state index is -0.613. The van der Waals surface area contributed by atoms with E-state index in [9.17, 15) is 14.4 Å². The van der Waals surface area contributed by atoms with Gasteiger partial charge in [0.25, 0.3) is 0 Å². The van der Waals surface area contributed by atoms with Crippen LogP contribution in [0.4, 0.5) is 5.69 Å². The van der Waals surface area contributed by atoms with Gasteiger partial charge >= 0.3 is 5.97 Å². The number of esters is 1. The molecule has 32 heavy (non-hydrogen) atoms. The maximum absolute atomic E-state index is 12.7. The summed E-state index contributed by atoms with van der Waals surface area (Å²) in [5, 5.41) is 7.22. The molecule has 1 aliphatic heterocycles. The van der Waals surface area contributed by atoms with Crippen molar-refractivity contribution in [1.82, 2.24) is 10.1 Å². The number of ether oxygens (including phenoxy) is 1. The standard InChI is InChI=1S/C23H21N3O5S/c1-13-18(14(2)31-26-13)12-32-22-17(4-3-9-24-22)23(29)30-11-20(27)16-5-7-19-15(10-16)6-8-21(28)25-19/h3-5,7,9-10H,6,8,11-12H2,1-2H3,(H,25,28). The van der Waals surface area contributed by atoms with Crippen LogP contribution in [0.1, 0.15) is 49.7 Å². The van der Waals surface area contributed by atoms with Gasteiger partial charge in [-0.15, -0.1) is 11.8 Å². The monoisotopic (exact) mass is 451 g/mol. The van der Waals surface area contributed by atoms with Crippen LogP contribution >= 0.6 is 11.8 Å². The zero-order chi connectivity index (χ0) is 22.7. The first-order valence-electron chi connectivity index (χ1n) is 10.0. The molecule has 4 rings (SSSR count). The molecule has 0 fully saturated rings. The van der Waals surface area contributed by atoms with Crippen LogP contribution in [0.3, 0.4) is 0 Å².